The maximum Gasteiger partial charge on any atom is 0.311 e. The van der Waals surface area contributed by atoms with Crippen LogP contribution in [0.3, 0.4) is 0 Å². The van der Waals surface area contributed by atoms with Crippen LogP contribution in [0.25, 0.3) is 0 Å². The van der Waals surface area contributed by atoms with Gasteiger partial charge in [-0.25, -0.2) is 0 Å². The molecule has 53 heavy (non-hydrogen) atoms. The van der Waals surface area contributed by atoms with Gasteiger partial charge in [-0.05, 0) is 94.8 Å². The van der Waals surface area contributed by atoms with Crippen LogP contribution >= 0.6 is 0 Å². The molecule has 15 nitrogen and oxygen atoms in total. The Morgan fingerprint density at radius 1 is 0.943 bits per heavy atom. The maximum atomic E-state index is 14.2. The molecule has 3 aliphatic rings. The molecule has 0 aliphatic carbocycles. The van der Waals surface area contributed by atoms with E-state index >= 15 is 0 Å². The number of aliphatic hydroxyl groups excluding tert-OH is 3. The summed E-state index contributed by atoms with van der Waals surface area (Å²) in [6.07, 6.45) is -8.19. The first-order valence-electron chi connectivity index (χ1n) is 19.1. The maximum absolute atomic E-state index is 14.2. The van der Waals surface area contributed by atoms with E-state index in [9.17, 15) is 30.3 Å². The number of ether oxygens (including phenoxy) is 6. The van der Waals surface area contributed by atoms with Gasteiger partial charge in [-0.1, -0.05) is 20.8 Å². The lowest BCUT2D eigenvalue weighted by atomic mass is 9.77. The number of rotatable bonds is 7. The molecule has 3 fully saturated rings. The molecule has 0 aromatic rings. The van der Waals surface area contributed by atoms with E-state index in [0.717, 1.165) is 0 Å². The summed E-state index contributed by atoms with van der Waals surface area (Å²) < 4.78 is 37.5. The van der Waals surface area contributed by atoms with E-state index in [4.69, 9.17) is 28.4 Å². The highest BCUT2D eigenvalue weighted by Gasteiger charge is 2.52. The van der Waals surface area contributed by atoms with Crippen LogP contribution in [0.2, 0.25) is 0 Å². The zero-order valence-electron chi connectivity index (χ0n) is 34.7. The van der Waals surface area contributed by atoms with Crippen LogP contribution in [0.4, 0.5) is 0 Å². The third-order valence-electron chi connectivity index (χ3n) is 12.2. The van der Waals surface area contributed by atoms with Gasteiger partial charge in [0.1, 0.15) is 30.0 Å². The molecule has 0 unspecified atom stereocenters. The number of methoxy groups -OCH3 is 1. The zero-order valence-corrected chi connectivity index (χ0v) is 34.7. The Labute approximate surface area is 317 Å². The largest absolute Gasteiger partial charge is 0.459 e. The fourth-order valence-electron chi connectivity index (χ4n) is 8.74. The first-order chi connectivity index (χ1) is 23.9. The molecule has 0 radical (unpaired) electrons. The summed E-state index contributed by atoms with van der Waals surface area (Å²) in [5.74, 6) is -2.58. The van der Waals surface area contributed by atoms with Crippen molar-refractivity contribution in [2.75, 3.05) is 34.8 Å². The number of cyclic esters (lactones) is 1. The monoisotopic (exact) mass is 767 g/mol. The van der Waals surface area contributed by atoms with E-state index in [2.05, 4.69) is 0 Å². The second-order valence-corrected chi connectivity index (χ2v) is 17.2. The van der Waals surface area contributed by atoms with Gasteiger partial charge in [0.05, 0.1) is 41.5 Å². The highest BCUT2D eigenvalue weighted by Crippen LogP contribution is 2.40. The molecule has 0 saturated carbocycles. The van der Waals surface area contributed by atoms with Gasteiger partial charge in [-0.2, -0.15) is 0 Å². The molecule has 3 saturated heterocycles. The number of carbonyl (C=O) groups excluding carboxylic acids is 1. The van der Waals surface area contributed by atoms with Crippen molar-refractivity contribution in [3.63, 3.8) is 0 Å². The Morgan fingerprint density at radius 2 is 1.55 bits per heavy atom. The first-order valence-corrected chi connectivity index (χ1v) is 19.1. The minimum atomic E-state index is -1.80. The van der Waals surface area contributed by atoms with E-state index < -0.39 is 96.0 Å². The second kappa shape index (κ2) is 18.9. The molecular formula is C38H74N2O13. The average Bonchev–Trinajstić information content (AvgIpc) is 3.05. The van der Waals surface area contributed by atoms with E-state index in [1.54, 1.807) is 41.5 Å². The Hall–Kier alpha value is -1.05. The average molecular weight is 767 g/mol. The SMILES string of the molecule is CC[C@H]1OC(=O)[C@H](C)[C@H](O[C@H]2C[C@@](C)(OC)[C@@H](O)[C@H](C)O2)[C@H](C)[C@@H](O[C@@H]2O[C@H](C)C[C@H](N(C)C)[C@H]2O)[C@](C)(O)C[C@@H](C)CN(C)[C@H](C)[C@H](O)[C@]1(C)O.O. The van der Waals surface area contributed by atoms with Crippen LogP contribution in [0.5, 0.6) is 0 Å². The van der Waals surface area contributed by atoms with E-state index in [-0.39, 0.29) is 42.8 Å². The summed E-state index contributed by atoms with van der Waals surface area (Å²) in [5.41, 5.74) is -4.37. The summed E-state index contributed by atoms with van der Waals surface area (Å²) in [7, 11) is 7.12. The number of hydrogen-bond acceptors (Lipinski definition) is 14. The summed E-state index contributed by atoms with van der Waals surface area (Å²) in [6.45, 7) is 18.0. The molecule has 0 amide bonds. The van der Waals surface area contributed by atoms with Gasteiger partial charge in [-0.15, -0.1) is 0 Å². The van der Waals surface area contributed by atoms with Gasteiger partial charge < -0.3 is 69.2 Å². The van der Waals surface area contributed by atoms with Crippen molar-refractivity contribution in [2.45, 2.75) is 185 Å². The minimum absolute atomic E-state index is 0. The summed E-state index contributed by atoms with van der Waals surface area (Å²) in [4.78, 5) is 18.0. The van der Waals surface area contributed by atoms with E-state index in [1.807, 2.05) is 51.7 Å². The Bertz CT molecular complexity index is 1150. The van der Waals surface area contributed by atoms with Gasteiger partial charge in [0.25, 0.3) is 0 Å². The third-order valence-corrected chi connectivity index (χ3v) is 12.2. The van der Waals surface area contributed by atoms with Crippen LogP contribution in [0.15, 0.2) is 0 Å². The van der Waals surface area contributed by atoms with Crippen molar-refractivity contribution in [2.24, 2.45) is 17.8 Å². The Kier molecular flexibility index (Phi) is 17.2. The Morgan fingerprint density at radius 3 is 2.09 bits per heavy atom. The molecule has 7 N–H and O–H groups in total. The number of nitrogens with zero attached hydrogens (tertiary/aromatic N) is 2. The third kappa shape index (κ3) is 10.9. The molecule has 0 aromatic heterocycles. The smallest absolute Gasteiger partial charge is 0.311 e. The molecule has 0 aromatic carbocycles. The van der Waals surface area contributed by atoms with E-state index in [0.29, 0.717) is 13.0 Å². The first kappa shape index (κ1) is 48.1. The number of aliphatic hydroxyl groups is 5. The summed E-state index contributed by atoms with van der Waals surface area (Å²) in [5, 5.41) is 58.1. The van der Waals surface area contributed by atoms with Crippen molar-refractivity contribution < 1.29 is 64.2 Å². The number of carbonyl (C=O) groups is 1. The fourth-order valence-corrected chi connectivity index (χ4v) is 8.74. The van der Waals surface area contributed by atoms with Crippen LogP contribution < -0.4 is 0 Å². The molecular weight excluding hydrogens is 692 g/mol. The van der Waals surface area contributed by atoms with Gasteiger partial charge in [0, 0.05) is 38.1 Å². The van der Waals surface area contributed by atoms with Crippen LogP contribution in [-0.4, -0.2) is 172 Å². The molecule has 0 spiro atoms. The molecule has 15 heteroatoms. The lowest BCUT2D eigenvalue weighted by molar-refractivity contribution is -0.318. The predicted molar refractivity (Wildman–Crippen MR) is 198 cm³/mol. The fraction of sp³-hybridized carbons (Fsp3) is 0.974. The lowest BCUT2D eigenvalue weighted by Crippen LogP contribution is -2.60. The summed E-state index contributed by atoms with van der Waals surface area (Å²) >= 11 is 0. The van der Waals surface area contributed by atoms with Crippen molar-refractivity contribution in [3.8, 4) is 0 Å². The van der Waals surface area contributed by atoms with Crippen molar-refractivity contribution in [3.05, 3.63) is 0 Å². The van der Waals surface area contributed by atoms with Gasteiger partial charge in [0.15, 0.2) is 12.6 Å². The highest BCUT2D eigenvalue weighted by molar-refractivity contribution is 5.73. The van der Waals surface area contributed by atoms with Crippen molar-refractivity contribution in [1.82, 2.24) is 9.80 Å². The molecule has 18 atom stereocenters. The van der Waals surface area contributed by atoms with Crippen LogP contribution in [-0.2, 0) is 33.2 Å². The Balaban J connectivity index is 0.00000972. The standard InChI is InChI=1S/C38H72N2O12.H2O/c1-15-27-38(10,46)31(42)24(6)40(13)19-20(2)17-36(8,45)33(52-35-29(41)26(39(11)12)16-21(3)48-35)22(4)30(23(5)34(44)50-27)51-28-18-37(9,47-14)32(43)25(7)49-28;/h20-33,35,41-43,45-46H,15-19H2,1-14H3;1H2/t20-,21-,22+,23-,24-,25+,26+,27-,28+,29-,30-,31+,32+,33-,35+,36-,37-,38-;/m1./s1. The normalized spacial score (nSPS) is 48.7. The number of esters is 1. The quantitative estimate of drug-likeness (QED) is 0.230. The second-order valence-electron chi connectivity index (χ2n) is 17.2. The highest BCUT2D eigenvalue weighted by atomic mass is 16.7. The molecule has 3 heterocycles. The van der Waals surface area contributed by atoms with Crippen molar-refractivity contribution >= 4 is 5.97 Å². The topological polar surface area (TPSA) is 212 Å². The summed E-state index contributed by atoms with van der Waals surface area (Å²) in [6, 6.07) is -0.808. The molecule has 0 bridgehead atoms. The predicted octanol–water partition coefficient (Wildman–Crippen LogP) is 1.08. The van der Waals surface area contributed by atoms with Crippen LogP contribution in [0.1, 0.15) is 94.9 Å². The van der Waals surface area contributed by atoms with Crippen LogP contribution in [0, 0.1) is 17.8 Å². The lowest BCUT2D eigenvalue weighted by Gasteiger charge is -2.48. The molecule has 314 valence electrons. The molecule has 3 aliphatic heterocycles. The van der Waals surface area contributed by atoms with Gasteiger partial charge in [0.2, 0.25) is 0 Å². The van der Waals surface area contributed by atoms with Gasteiger partial charge >= 0.3 is 5.97 Å². The number of hydrogen-bond donors (Lipinski definition) is 5. The van der Waals surface area contributed by atoms with E-state index in [1.165, 1.54) is 14.0 Å². The van der Waals surface area contributed by atoms with Gasteiger partial charge in [-0.3, -0.25) is 4.79 Å². The zero-order chi connectivity index (χ0) is 39.7. The number of likely N-dealkylation sites (N-methyl/N-ethyl adjacent to an activating group) is 2. The minimum Gasteiger partial charge on any atom is -0.459 e. The van der Waals surface area contributed by atoms with Crippen molar-refractivity contribution in [1.29, 1.82) is 0 Å². The molecule has 3 rings (SSSR count).